The Morgan fingerprint density at radius 1 is 0.931 bits per heavy atom. The molecule has 3 amide bonds. The number of anilines is 1. The molecule has 0 aliphatic carbocycles. The first-order valence-corrected chi connectivity index (χ1v) is 9.29. The molecule has 0 spiro atoms. The van der Waals surface area contributed by atoms with Crippen LogP contribution in [0, 0.1) is 6.92 Å². The predicted molar refractivity (Wildman–Crippen MR) is 108 cm³/mol. The number of aryl methyl sites for hydroxylation is 1. The van der Waals surface area contributed by atoms with Gasteiger partial charge in [-0.3, -0.25) is 24.3 Å². The van der Waals surface area contributed by atoms with Crippen molar-refractivity contribution in [1.29, 1.82) is 0 Å². The van der Waals surface area contributed by atoms with Crippen LogP contribution in [0.25, 0.3) is 0 Å². The van der Waals surface area contributed by atoms with Gasteiger partial charge in [-0.1, -0.05) is 42.5 Å². The molecule has 0 fully saturated rings. The molecular formula is C23H19N3O3. The van der Waals surface area contributed by atoms with Crippen molar-refractivity contribution in [1.82, 2.24) is 9.88 Å². The van der Waals surface area contributed by atoms with E-state index < -0.39 is 23.8 Å². The van der Waals surface area contributed by atoms with E-state index in [4.69, 9.17) is 0 Å². The number of nitrogens with one attached hydrogen (secondary N) is 1. The van der Waals surface area contributed by atoms with Crippen LogP contribution < -0.4 is 5.32 Å². The summed E-state index contributed by atoms with van der Waals surface area (Å²) in [4.78, 5) is 44.3. The highest BCUT2D eigenvalue weighted by atomic mass is 16.2. The molecule has 29 heavy (non-hydrogen) atoms. The second-order valence-corrected chi connectivity index (χ2v) is 6.91. The van der Waals surface area contributed by atoms with E-state index in [1.165, 1.54) is 0 Å². The van der Waals surface area contributed by atoms with Crippen molar-refractivity contribution >= 4 is 23.4 Å². The lowest BCUT2D eigenvalue weighted by molar-refractivity contribution is -0.119. The van der Waals surface area contributed by atoms with E-state index in [0.29, 0.717) is 16.8 Å². The Morgan fingerprint density at radius 2 is 1.55 bits per heavy atom. The van der Waals surface area contributed by atoms with Gasteiger partial charge in [-0.05, 0) is 36.8 Å². The fourth-order valence-corrected chi connectivity index (χ4v) is 3.40. The maximum Gasteiger partial charge on any atom is 0.262 e. The number of fused-ring (bicyclic) bond motifs is 1. The Balaban J connectivity index is 1.67. The van der Waals surface area contributed by atoms with E-state index in [9.17, 15) is 14.4 Å². The van der Waals surface area contributed by atoms with Gasteiger partial charge in [0.1, 0.15) is 6.04 Å². The van der Waals surface area contributed by atoms with Gasteiger partial charge in [0.15, 0.2) is 0 Å². The monoisotopic (exact) mass is 385 g/mol. The molecule has 6 heteroatoms. The molecule has 0 bridgehead atoms. The van der Waals surface area contributed by atoms with Crippen molar-refractivity contribution in [2.24, 2.45) is 0 Å². The Kier molecular flexibility index (Phi) is 4.91. The minimum atomic E-state index is -0.980. The predicted octanol–water partition coefficient (Wildman–Crippen LogP) is 3.24. The molecule has 1 N–H and O–H groups in total. The highest BCUT2D eigenvalue weighted by Crippen LogP contribution is 2.26. The number of pyridine rings is 1. The molecule has 2 heterocycles. The molecule has 1 atom stereocenters. The third-order valence-electron chi connectivity index (χ3n) is 4.89. The number of benzene rings is 2. The number of hydrogen-bond donors (Lipinski definition) is 1. The Morgan fingerprint density at radius 3 is 2.14 bits per heavy atom. The molecule has 0 radical (unpaired) electrons. The van der Waals surface area contributed by atoms with Gasteiger partial charge in [-0.15, -0.1) is 0 Å². The van der Waals surface area contributed by atoms with Gasteiger partial charge in [-0.2, -0.15) is 0 Å². The summed E-state index contributed by atoms with van der Waals surface area (Å²) in [7, 11) is 0. The van der Waals surface area contributed by atoms with Crippen LogP contribution in [-0.4, -0.2) is 33.6 Å². The topological polar surface area (TPSA) is 79.4 Å². The van der Waals surface area contributed by atoms with Crippen LogP contribution in [0.4, 0.5) is 5.69 Å². The Hall–Kier alpha value is -3.80. The first-order chi connectivity index (χ1) is 14.0. The zero-order valence-electron chi connectivity index (χ0n) is 15.8. The minimum Gasteiger partial charge on any atom is -0.323 e. The molecule has 6 nitrogen and oxygen atoms in total. The van der Waals surface area contributed by atoms with Crippen LogP contribution >= 0.6 is 0 Å². The number of hydrogen-bond acceptors (Lipinski definition) is 4. The number of rotatable bonds is 5. The zero-order valence-corrected chi connectivity index (χ0v) is 15.8. The highest BCUT2D eigenvalue weighted by molar-refractivity contribution is 6.23. The van der Waals surface area contributed by atoms with Gasteiger partial charge in [0, 0.05) is 12.1 Å². The number of amides is 3. The van der Waals surface area contributed by atoms with Crippen LogP contribution in [0.2, 0.25) is 0 Å². The lowest BCUT2D eigenvalue weighted by Crippen LogP contribution is -2.48. The SMILES string of the molecule is Cc1ccc(NC(=O)C(Cc2ccccc2)N2C(=O)c3ccccc3C2=O)cn1. The lowest BCUT2D eigenvalue weighted by Gasteiger charge is -2.25. The summed E-state index contributed by atoms with van der Waals surface area (Å²) in [6, 6.07) is 18.5. The summed E-state index contributed by atoms with van der Waals surface area (Å²) in [5.74, 6) is -1.35. The van der Waals surface area contributed by atoms with Gasteiger partial charge < -0.3 is 5.32 Å². The fraction of sp³-hybridized carbons (Fsp3) is 0.130. The summed E-state index contributed by atoms with van der Waals surface area (Å²) in [5.41, 5.74) is 2.83. The summed E-state index contributed by atoms with van der Waals surface area (Å²) in [6.07, 6.45) is 1.77. The normalized spacial score (nSPS) is 13.9. The van der Waals surface area contributed by atoms with Crippen LogP contribution in [-0.2, 0) is 11.2 Å². The average Bonchev–Trinajstić information content (AvgIpc) is 2.99. The van der Waals surface area contributed by atoms with Crippen LogP contribution in [0.5, 0.6) is 0 Å². The summed E-state index contributed by atoms with van der Waals surface area (Å²) >= 11 is 0. The van der Waals surface area contributed by atoms with Crippen molar-refractivity contribution in [2.45, 2.75) is 19.4 Å². The van der Waals surface area contributed by atoms with Gasteiger partial charge >= 0.3 is 0 Å². The minimum absolute atomic E-state index is 0.220. The third-order valence-corrected chi connectivity index (χ3v) is 4.89. The van der Waals surface area contributed by atoms with Crippen LogP contribution in [0.3, 0.4) is 0 Å². The number of carbonyl (C=O) groups is 3. The number of aromatic nitrogens is 1. The number of imide groups is 1. The maximum atomic E-state index is 13.1. The third kappa shape index (κ3) is 3.65. The van der Waals surface area contributed by atoms with Crippen molar-refractivity contribution in [3.8, 4) is 0 Å². The summed E-state index contributed by atoms with van der Waals surface area (Å²) in [5, 5.41) is 2.79. The quantitative estimate of drug-likeness (QED) is 0.684. The molecule has 4 rings (SSSR count). The zero-order chi connectivity index (χ0) is 20.4. The largest absolute Gasteiger partial charge is 0.323 e. The molecule has 1 aliphatic rings. The molecule has 0 saturated carbocycles. The van der Waals surface area contributed by atoms with Gasteiger partial charge in [-0.25, -0.2) is 0 Å². The maximum absolute atomic E-state index is 13.1. The molecule has 0 saturated heterocycles. The van der Waals surface area contributed by atoms with Gasteiger partial charge in [0.2, 0.25) is 5.91 Å². The lowest BCUT2D eigenvalue weighted by atomic mass is 10.0. The Bertz CT molecular complexity index is 1040. The summed E-state index contributed by atoms with van der Waals surface area (Å²) in [6.45, 7) is 1.85. The summed E-state index contributed by atoms with van der Waals surface area (Å²) < 4.78 is 0. The van der Waals surface area contributed by atoms with Gasteiger partial charge in [0.25, 0.3) is 11.8 Å². The van der Waals surface area contributed by atoms with Crippen molar-refractivity contribution in [3.05, 3.63) is 95.3 Å². The molecule has 1 aliphatic heterocycles. The average molecular weight is 385 g/mol. The standard InChI is InChI=1S/C23H19N3O3/c1-15-11-12-17(14-24-15)25-21(27)20(13-16-7-3-2-4-8-16)26-22(28)18-9-5-6-10-19(18)23(26)29/h2-12,14,20H,13H2,1H3,(H,25,27). The van der Waals surface area contributed by atoms with Crippen LogP contribution in [0.15, 0.2) is 72.9 Å². The molecule has 1 aromatic heterocycles. The molecular weight excluding hydrogens is 366 g/mol. The van der Waals surface area contributed by atoms with E-state index in [-0.39, 0.29) is 6.42 Å². The number of nitrogens with zero attached hydrogens (tertiary/aromatic N) is 2. The molecule has 1 unspecified atom stereocenters. The van der Waals surface area contributed by atoms with Crippen molar-refractivity contribution in [2.75, 3.05) is 5.32 Å². The van der Waals surface area contributed by atoms with Gasteiger partial charge in [0.05, 0.1) is 23.0 Å². The first-order valence-electron chi connectivity index (χ1n) is 9.29. The van der Waals surface area contributed by atoms with Crippen molar-refractivity contribution < 1.29 is 14.4 Å². The smallest absolute Gasteiger partial charge is 0.262 e. The van der Waals surface area contributed by atoms with E-state index in [1.54, 1.807) is 42.6 Å². The molecule has 144 valence electrons. The second-order valence-electron chi connectivity index (χ2n) is 6.91. The molecule has 2 aromatic carbocycles. The fourth-order valence-electron chi connectivity index (χ4n) is 3.40. The van der Waals surface area contributed by atoms with E-state index in [1.807, 2.05) is 37.3 Å². The first kappa shape index (κ1) is 18.6. The van der Waals surface area contributed by atoms with E-state index in [2.05, 4.69) is 10.3 Å². The van der Waals surface area contributed by atoms with Crippen molar-refractivity contribution in [3.63, 3.8) is 0 Å². The second kappa shape index (κ2) is 7.67. The molecule has 3 aromatic rings. The highest BCUT2D eigenvalue weighted by Gasteiger charge is 2.42. The van der Waals surface area contributed by atoms with E-state index in [0.717, 1.165) is 16.2 Å². The van der Waals surface area contributed by atoms with E-state index >= 15 is 0 Å². The Labute approximate surface area is 168 Å². The number of carbonyl (C=O) groups excluding carboxylic acids is 3. The van der Waals surface area contributed by atoms with Crippen LogP contribution in [0.1, 0.15) is 32.0 Å².